The number of carbonyl (C=O) groups is 1. The number of benzene rings is 1. The first-order valence-electron chi connectivity index (χ1n) is 7.85. The Labute approximate surface area is 136 Å². The second-order valence-electron chi connectivity index (χ2n) is 5.95. The summed E-state index contributed by atoms with van der Waals surface area (Å²) in [6, 6.07) is 3.86. The lowest BCUT2D eigenvalue weighted by Crippen LogP contribution is -2.45. The lowest BCUT2D eigenvalue weighted by molar-refractivity contribution is -0.119. The zero-order chi connectivity index (χ0) is 17.0. The topological polar surface area (TPSA) is 66.5 Å². The van der Waals surface area contributed by atoms with Gasteiger partial charge in [0.1, 0.15) is 5.82 Å². The summed E-state index contributed by atoms with van der Waals surface area (Å²) in [5.74, 6) is -0.645. The van der Waals surface area contributed by atoms with Crippen LogP contribution in [-0.2, 0) is 14.8 Å². The Balaban J connectivity index is 2.20. The van der Waals surface area contributed by atoms with E-state index >= 15 is 0 Å². The van der Waals surface area contributed by atoms with Crippen molar-refractivity contribution in [1.29, 1.82) is 0 Å². The van der Waals surface area contributed by atoms with Gasteiger partial charge in [0.05, 0.1) is 4.90 Å². The fourth-order valence-electron chi connectivity index (χ4n) is 2.86. The molecule has 0 aromatic heterocycles. The first-order valence-corrected chi connectivity index (χ1v) is 9.29. The fraction of sp³-hybridized carbons (Fsp3) is 0.562. The summed E-state index contributed by atoms with van der Waals surface area (Å²) >= 11 is 0. The predicted octanol–water partition coefficient (Wildman–Crippen LogP) is 2.20. The molecule has 1 fully saturated rings. The highest BCUT2D eigenvalue weighted by Crippen LogP contribution is 2.27. The molecule has 7 heteroatoms. The molecule has 1 saturated heterocycles. The molecule has 1 amide bonds. The number of piperidine rings is 1. The van der Waals surface area contributed by atoms with Gasteiger partial charge in [0.2, 0.25) is 15.9 Å². The van der Waals surface area contributed by atoms with Crippen molar-refractivity contribution in [2.45, 2.75) is 50.5 Å². The highest BCUT2D eigenvalue weighted by Gasteiger charge is 2.33. The molecule has 0 bridgehead atoms. The highest BCUT2D eigenvalue weighted by atomic mass is 32.2. The van der Waals surface area contributed by atoms with Gasteiger partial charge in [0.15, 0.2) is 0 Å². The van der Waals surface area contributed by atoms with E-state index in [9.17, 15) is 17.6 Å². The Bertz CT molecular complexity index is 676. The first kappa shape index (κ1) is 17.9. The van der Waals surface area contributed by atoms with E-state index in [2.05, 4.69) is 5.32 Å². The number of rotatable bonds is 5. The van der Waals surface area contributed by atoms with Crippen molar-refractivity contribution in [2.24, 2.45) is 0 Å². The van der Waals surface area contributed by atoms with Gasteiger partial charge in [-0.3, -0.25) is 4.79 Å². The quantitative estimate of drug-likeness (QED) is 0.892. The largest absolute Gasteiger partial charge is 0.356 e. The number of amides is 1. The van der Waals surface area contributed by atoms with Gasteiger partial charge in [-0.05, 0) is 43.9 Å². The van der Waals surface area contributed by atoms with Crippen LogP contribution in [-0.4, -0.2) is 37.8 Å². The Morgan fingerprint density at radius 1 is 1.39 bits per heavy atom. The predicted molar refractivity (Wildman–Crippen MR) is 86.0 cm³/mol. The van der Waals surface area contributed by atoms with Crippen molar-refractivity contribution in [3.63, 3.8) is 0 Å². The Kier molecular flexibility index (Phi) is 5.75. The van der Waals surface area contributed by atoms with E-state index < -0.39 is 15.8 Å². The van der Waals surface area contributed by atoms with E-state index in [1.165, 1.54) is 23.4 Å². The third-order valence-electron chi connectivity index (χ3n) is 4.17. The van der Waals surface area contributed by atoms with Crippen LogP contribution in [0.3, 0.4) is 0 Å². The van der Waals surface area contributed by atoms with E-state index in [1.807, 2.05) is 0 Å². The summed E-state index contributed by atoms with van der Waals surface area (Å²) in [5, 5.41) is 2.70. The summed E-state index contributed by atoms with van der Waals surface area (Å²) in [5.41, 5.74) is 0.421. The zero-order valence-corrected chi connectivity index (χ0v) is 14.3. The van der Waals surface area contributed by atoms with Crippen molar-refractivity contribution >= 4 is 15.9 Å². The van der Waals surface area contributed by atoms with Crippen LogP contribution in [0, 0.1) is 12.7 Å². The Hall–Kier alpha value is -1.47. The van der Waals surface area contributed by atoms with Gasteiger partial charge >= 0.3 is 0 Å². The number of aryl methyl sites for hydroxylation is 1. The second kappa shape index (κ2) is 7.40. The third kappa shape index (κ3) is 4.29. The third-order valence-corrected chi connectivity index (χ3v) is 6.12. The Morgan fingerprint density at radius 2 is 2.13 bits per heavy atom. The number of hydrogen-bond donors (Lipinski definition) is 1. The van der Waals surface area contributed by atoms with Gasteiger partial charge in [-0.25, -0.2) is 12.8 Å². The number of carbonyl (C=O) groups excluding carboxylic acids is 1. The number of nitrogens with zero attached hydrogens (tertiary/aromatic N) is 1. The molecule has 0 saturated carbocycles. The molecule has 1 aliphatic rings. The molecule has 1 N–H and O–H groups in total. The highest BCUT2D eigenvalue weighted by molar-refractivity contribution is 7.89. The van der Waals surface area contributed by atoms with E-state index in [0.717, 1.165) is 25.3 Å². The normalized spacial score (nSPS) is 19.5. The molecule has 1 heterocycles. The van der Waals surface area contributed by atoms with Gasteiger partial charge in [-0.2, -0.15) is 4.31 Å². The molecule has 2 rings (SSSR count). The van der Waals surface area contributed by atoms with Gasteiger partial charge in [0, 0.05) is 26.1 Å². The van der Waals surface area contributed by atoms with Gasteiger partial charge in [-0.15, -0.1) is 0 Å². The lowest BCUT2D eigenvalue weighted by Gasteiger charge is -2.34. The van der Waals surface area contributed by atoms with Crippen molar-refractivity contribution < 1.29 is 17.6 Å². The minimum absolute atomic E-state index is 0.00738. The average molecular weight is 342 g/mol. The molecule has 1 unspecified atom stereocenters. The monoisotopic (exact) mass is 342 g/mol. The van der Waals surface area contributed by atoms with Gasteiger partial charge in [-0.1, -0.05) is 12.5 Å². The van der Waals surface area contributed by atoms with Crippen molar-refractivity contribution in [3.8, 4) is 0 Å². The summed E-state index contributed by atoms with van der Waals surface area (Å²) in [4.78, 5) is 11.0. The maximum Gasteiger partial charge on any atom is 0.243 e. The van der Waals surface area contributed by atoms with Crippen LogP contribution >= 0.6 is 0 Å². The SMILES string of the molecule is CC(=O)NCCC1CCCCN1S(=O)(=O)c1ccc(C)c(F)c1. The van der Waals surface area contributed by atoms with Crippen LogP contribution in [0.1, 0.15) is 38.2 Å². The van der Waals surface area contributed by atoms with E-state index in [0.29, 0.717) is 25.1 Å². The van der Waals surface area contributed by atoms with Crippen LogP contribution in [0.25, 0.3) is 0 Å². The minimum Gasteiger partial charge on any atom is -0.356 e. The van der Waals surface area contributed by atoms with Crippen LogP contribution in [0.5, 0.6) is 0 Å². The van der Waals surface area contributed by atoms with Crippen molar-refractivity contribution in [3.05, 3.63) is 29.6 Å². The molecule has 1 aromatic rings. The maximum atomic E-state index is 13.7. The van der Waals surface area contributed by atoms with Gasteiger partial charge in [0.25, 0.3) is 0 Å². The summed E-state index contributed by atoms with van der Waals surface area (Å²) < 4.78 is 40.9. The van der Waals surface area contributed by atoms with Crippen molar-refractivity contribution in [1.82, 2.24) is 9.62 Å². The molecule has 1 atom stereocenters. The molecule has 5 nitrogen and oxygen atoms in total. The molecular weight excluding hydrogens is 319 g/mol. The number of nitrogens with one attached hydrogen (secondary N) is 1. The molecule has 0 spiro atoms. The number of hydrogen-bond acceptors (Lipinski definition) is 3. The van der Waals surface area contributed by atoms with Crippen LogP contribution < -0.4 is 5.32 Å². The maximum absolute atomic E-state index is 13.7. The molecule has 0 radical (unpaired) electrons. The molecular formula is C16H23FN2O3S. The standard InChI is InChI=1S/C16H23FN2O3S/c1-12-6-7-15(11-16(12)17)23(21,22)19-10-4-3-5-14(19)8-9-18-13(2)20/h6-7,11,14H,3-5,8-10H2,1-2H3,(H,18,20). The van der Waals surface area contributed by atoms with Gasteiger partial charge < -0.3 is 5.32 Å². The smallest absolute Gasteiger partial charge is 0.243 e. The van der Waals surface area contributed by atoms with E-state index in [-0.39, 0.29) is 16.8 Å². The van der Waals surface area contributed by atoms with Crippen LogP contribution in [0.4, 0.5) is 4.39 Å². The molecule has 1 aromatic carbocycles. The summed E-state index contributed by atoms with van der Waals surface area (Å²) in [6.45, 7) is 3.91. The van der Waals surface area contributed by atoms with Crippen LogP contribution in [0.2, 0.25) is 0 Å². The number of halogens is 1. The van der Waals surface area contributed by atoms with E-state index in [1.54, 1.807) is 6.92 Å². The minimum atomic E-state index is -3.72. The zero-order valence-electron chi connectivity index (χ0n) is 13.5. The summed E-state index contributed by atoms with van der Waals surface area (Å²) in [6.07, 6.45) is 3.07. The van der Waals surface area contributed by atoms with E-state index in [4.69, 9.17) is 0 Å². The molecule has 1 aliphatic heterocycles. The molecule has 0 aliphatic carbocycles. The summed E-state index contributed by atoms with van der Waals surface area (Å²) in [7, 11) is -3.72. The average Bonchev–Trinajstić information content (AvgIpc) is 2.50. The fourth-order valence-corrected chi connectivity index (χ4v) is 4.60. The Morgan fingerprint density at radius 3 is 2.78 bits per heavy atom. The lowest BCUT2D eigenvalue weighted by atomic mass is 10.0. The molecule has 128 valence electrons. The first-order chi connectivity index (χ1) is 10.8. The number of sulfonamides is 1. The molecule has 23 heavy (non-hydrogen) atoms. The van der Waals surface area contributed by atoms with Crippen molar-refractivity contribution in [2.75, 3.05) is 13.1 Å². The van der Waals surface area contributed by atoms with Crippen LogP contribution in [0.15, 0.2) is 23.1 Å². The second-order valence-corrected chi connectivity index (χ2v) is 7.84.